The van der Waals surface area contributed by atoms with E-state index in [4.69, 9.17) is 21.1 Å². The minimum Gasteiger partial charge on any atom is -0.497 e. The molecular formula is C27H25ClN2O3. The van der Waals surface area contributed by atoms with Crippen molar-refractivity contribution in [1.82, 2.24) is 0 Å². The Morgan fingerprint density at radius 2 is 1.64 bits per heavy atom. The van der Waals surface area contributed by atoms with E-state index < -0.39 is 0 Å². The number of ketones is 1. The molecule has 0 saturated heterocycles. The molecule has 5 nitrogen and oxygen atoms in total. The zero-order valence-corrected chi connectivity index (χ0v) is 19.3. The maximum absolute atomic E-state index is 13.7. The molecular weight excluding hydrogens is 436 g/mol. The zero-order chi connectivity index (χ0) is 22.9. The van der Waals surface area contributed by atoms with Crippen LogP contribution in [0.1, 0.15) is 35.9 Å². The summed E-state index contributed by atoms with van der Waals surface area (Å²) in [6.45, 7) is 0. The second-order valence-electron chi connectivity index (χ2n) is 8.30. The molecule has 0 bridgehead atoms. The number of fused-ring (bicyclic) bond motifs is 1. The fraction of sp³-hybridized carbons (Fsp3) is 0.222. The normalized spacial score (nSPS) is 19.5. The van der Waals surface area contributed by atoms with Gasteiger partial charge >= 0.3 is 0 Å². The Balaban J connectivity index is 1.64. The van der Waals surface area contributed by atoms with Gasteiger partial charge in [-0.3, -0.25) is 4.79 Å². The average Bonchev–Trinajstić information content (AvgIpc) is 3.00. The predicted molar refractivity (Wildman–Crippen MR) is 131 cm³/mol. The predicted octanol–water partition coefficient (Wildman–Crippen LogP) is 6.34. The largest absolute Gasteiger partial charge is 0.497 e. The molecule has 0 aromatic heterocycles. The molecule has 5 rings (SSSR count). The Morgan fingerprint density at radius 3 is 2.39 bits per heavy atom. The van der Waals surface area contributed by atoms with Gasteiger partial charge < -0.3 is 20.1 Å². The highest BCUT2D eigenvalue weighted by Crippen LogP contribution is 2.46. The second-order valence-corrected chi connectivity index (χ2v) is 8.71. The van der Waals surface area contributed by atoms with Gasteiger partial charge in [0.1, 0.15) is 11.5 Å². The van der Waals surface area contributed by atoms with Crippen LogP contribution >= 0.6 is 11.6 Å². The van der Waals surface area contributed by atoms with E-state index in [-0.39, 0.29) is 17.7 Å². The van der Waals surface area contributed by atoms with Crippen LogP contribution < -0.4 is 20.1 Å². The van der Waals surface area contributed by atoms with Gasteiger partial charge in [0.05, 0.1) is 31.6 Å². The molecule has 0 amide bonds. The number of hydrogen-bond donors (Lipinski definition) is 2. The van der Waals surface area contributed by atoms with Gasteiger partial charge in [-0.15, -0.1) is 0 Å². The van der Waals surface area contributed by atoms with Crippen LogP contribution in [0, 0.1) is 0 Å². The van der Waals surface area contributed by atoms with Crippen molar-refractivity contribution in [2.75, 3.05) is 24.9 Å². The Hall–Kier alpha value is -3.44. The number of halogens is 1. The number of methoxy groups -OCH3 is 2. The molecule has 1 aliphatic heterocycles. The SMILES string of the molecule is COc1ccc([C@H]2Nc3ccccc3NC3=C2C(=O)C[C@H](c2ccccc2Cl)C3)c(OC)c1. The maximum atomic E-state index is 13.7. The molecule has 3 aromatic carbocycles. The molecule has 168 valence electrons. The monoisotopic (exact) mass is 460 g/mol. The lowest BCUT2D eigenvalue weighted by Gasteiger charge is -2.30. The number of allylic oxidation sites excluding steroid dienone is 1. The van der Waals surface area contributed by atoms with Crippen LogP contribution in [0.5, 0.6) is 11.5 Å². The summed E-state index contributed by atoms with van der Waals surface area (Å²) in [5.41, 5.74) is 5.40. The van der Waals surface area contributed by atoms with Crippen LogP contribution in [0.25, 0.3) is 0 Å². The van der Waals surface area contributed by atoms with Crippen LogP contribution in [-0.2, 0) is 4.79 Å². The molecule has 0 radical (unpaired) electrons. The molecule has 3 aromatic rings. The summed E-state index contributed by atoms with van der Waals surface area (Å²) in [4.78, 5) is 13.7. The number of para-hydroxylation sites is 2. The zero-order valence-electron chi connectivity index (χ0n) is 18.5. The molecule has 0 unspecified atom stereocenters. The highest BCUT2D eigenvalue weighted by molar-refractivity contribution is 6.31. The molecule has 0 saturated carbocycles. The van der Waals surface area contributed by atoms with Crippen molar-refractivity contribution in [3.8, 4) is 11.5 Å². The highest BCUT2D eigenvalue weighted by Gasteiger charge is 2.37. The summed E-state index contributed by atoms with van der Waals surface area (Å²) in [6, 6.07) is 21.1. The molecule has 2 N–H and O–H groups in total. The van der Waals surface area contributed by atoms with E-state index in [1.807, 2.05) is 66.7 Å². The molecule has 0 spiro atoms. The maximum Gasteiger partial charge on any atom is 0.163 e. The van der Waals surface area contributed by atoms with E-state index in [0.29, 0.717) is 29.4 Å². The molecule has 6 heteroatoms. The van der Waals surface area contributed by atoms with Crippen molar-refractivity contribution in [2.24, 2.45) is 0 Å². The third kappa shape index (κ3) is 3.93. The van der Waals surface area contributed by atoms with Crippen molar-refractivity contribution in [2.45, 2.75) is 24.8 Å². The molecule has 0 fully saturated rings. The average molecular weight is 461 g/mol. The fourth-order valence-corrected chi connectivity index (χ4v) is 5.10. The highest BCUT2D eigenvalue weighted by atomic mass is 35.5. The topological polar surface area (TPSA) is 59.6 Å². The van der Waals surface area contributed by atoms with Crippen LogP contribution in [-0.4, -0.2) is 20.0 Å². The van der Waals surface area contributed by atoms with Gasteiger partial charge in [0, 0.05) is 34.3 Å². The standard InChI is InChI=1S/C27H25ClN2O3/c1-32-17-11-12-19(25(15-17)33-2)27-26-23(29-21-9-5-6-10-22(21)30-27)13-16(14-24(26)31)18-7-3-4-8-20(18)28/h3-12,15-16,27,29-30H,13-14H2,1-2H3/t16-,27-/m1/s1. The van der Waals surface area contributed by atoms with Crippen molar-refractivity contribution in [1.29, 1.82) is 0 Å². The summed E-state index contributed by atoms with van der Waals surface area (Å²) in [6.07, 6.45) is 1.09. The number of rotatable bonds is 4. The molecule has 2 aliphatic rings. The summed E-state index contributed by atoms with van der Waals surface area (Å²) in [5, 5.41) is 7.85. The third-order valence-electron chi connectivity index (χ3n) is 6.41. The van der Waals surface area contributed by atoms with Crippen LogP contribution in [0.3, 0.4) is 0 Å². The van der Waals surface area contributed by atoms with Crippen LogP contribution in [0.15, 0.2) is 78.0 Å². The van der Waals surface area contributed by atoms with Gasteiger partial charge in [0.2, 0.25) is 0 Å². The van der Waals surface area contributed by atoms with E-state index in [1.165, 1.54) is 0 Å². The first-order valence-corrected chi connectivity index (χ1v) is 11.3. The second kappa shape index (κ2) is 8.83. The van der Waals surface area contributed by atoms with E-state index in [9.17, 15) is 4.79 Å². The van der Waals surface area contributed by atoms with Crippen molar-refractivity contribution in [3.63, 3.8) is 0 Å². The van der Waals surface area contributed by atoms with Crippen molar-refractivity contribution < 1.29 is 14.3 Å². The Labute approximate surface area is 198 Å². The lowest BCUT2D eigenvalue weighted by Crippen LogP contribution is -2.27. The third-order valence-corrected chi connectivity index (χ3v) is 6.75. The minimum absolute atomic E-state index is 0.0149. The fourth-order valence-electron chi connectivity index (χ4n) is 4.81. The smallest absolute Gasteiger partial charge is 0.163 e. The Morgan fingerprint density at radius 1 is 0.879 bits per heavy atom. The summed E-state index contributed by atoms with van der Waals surface area (Å²) in [5.74, 6) is 1.47. The molecule has 2 atom stereocenters. The first kappa shape index (κ1) is 21.4. The number of ether oxygens (including phenoxy) is 2. The lowest BCUT2D eigenvalue weighted by molar-refractivity contribution is -0.116. The number of carbonyl (C=O) groups excluding carboxylic acids is 1. The number of carbonyl (C=O) groups is 1. The number of Topliss-reactive ketones (excluding diaryl/α,β-unsaturated/α-hetero) is 1. The van der Waals surface area contributed by atoms with E-state index in [2.05, 4.69) is 10.6 Å². The van der Waals surface area contributed by atoms with Gasteiger partial charge in [0.15, 0.2) is 5.78 Å². The Bertz CT molecular complexity index is 1250. The quantitative estimate of drug-likeness (QED) is 0.476. The summed E-state index contributed by atoms with van der Waals surface area (Å²) < 4.78 is 11.1. The summed E-state index contributed by atoms with van der Waals surface area (Å²) >= 11 is 6.50. The van der Waals surface area contributed by atoms with Crippen LogP contribution in [0.2, 0.25) is 5.02 Å². The molecule has 1 heterocycles. The first-order chi connectivity index (χ1) is 16.1. The minimum atomic E-state index is -0.364. The number of anilines is 2. The lowest BCUT2D eigenvalue weighted by atomic mass is 9.78. The van der Waals surface area contributed by atoms with Crippen molar-refractivity contribution >= 4 is 28.8 Å². The number of benzene rings is 3. The number of hydrogen-bond acceptors (Lipinski definition) is 5. The van der Waals surface area contributed by atoms with E-state index in [0.717, 1.165) is 33.8 Å². The van der Waals surface area contributed by atoms with Crippen molar-refractivity contribution in [3.05, 3.63) is 94.1 Å². The van der Waals surface area contributed by atoms with Gasteiger partial charge in [-0.1, -0.05) is 41.9 Å². The number of nitrogens with one attached hydrogen (secondary N) is 2. The van der Waals surface area contributed by atoms with Gasteiger partial charge in [0.25, 0.3) is 0 Å². The molecule has 33 heavy (non-hydrogen) atoms. The van der Waals surface area contributed by atoms with Crippen LogP contribution in [0.4, 0.5) is 11.4 Å². The molecule has 1 aliphatic carbocycles. The van der Waals surface area contributed by atoms with E-state index in [1.54, 1.807) is 14.2 Å². The van der Waals surface area contributed by atoms with E-state index >= 15 is 0 Å². The Kier molecular flexibility index (Phi) is 5.73. The first-order valence-electron chi connectivity index (χ1n) is 10.9. The van der Waals surface area contributed by atoms with Gasteiger partial charge in [-0.2, -0.15) is 0 Å². The van der Waals surface area contributed by atoms with Gasteiger partial charge in [-0.25, -0.2) is 0 Å². The summed E-state index contributed by atoms with van der Waals surface area (Å²) in [7, 11) is 3.26. The van der Waals surface area contributed by atoms with Gasteiger partial charge in [-0.05, 0) is 48.2 Å².